The van der Waals surface area contributed by atoms with Crippen molar-refractivity contribution in [2.75, 3.05) is 17.2 Å². The third kappa shape index (κ3) is 4.06. The van der Waals surface area contributed by atoms with Crippen LogP contribution in [0.1, 0.15) is 6.42 Å². The highest BCUT2D eigenvalue weighted by Crippen LogP contribution is 2.21. The first kappa shape index (κ1) is 14.5. The first-order valence-corrected chi connectivity index (χ1v) is 6.99. The lowest BCUT2D eigenvalue weighted by Crippen LogP contribution is -2.17. The van der Waals surface area contributed by atoms with E-state index < -0.39 is 5.82 Å². The lowest BCUT2D eigenvalue weighted by Gasteiger charge is -2.09. The van der Waals surface area contributed by atoms with Gasteiger partial charge in [-0.25, -0.2) is 4.39 Å². The van der Waals surface area contributed by atoms with Gasteiger partial charge in [0.2, 0.25) is 5.91 Å². The minimum absolute atomic E-state index is 0.207. The lowest BCUT2D eigenvalue weighted by molar-refractivity contribution is -0.116. The van der Waals surface area contributed by atoms with Gasteiger partial charge in [0.05, 0.1) is 5.69 Å². The summed E-state index contributed by atoms with van der Waals surface area (Å²) in [4.78, 5) is 11.7. The zero-order valence-electron chi connectivity index (χ0n) is 10.7. The molecule has 2 rings (SSSR count). The Hall–Kier alpha value is -1.88. The molecule has 0 aliphatic carbocycles. The van der Waals surface area contributed by atoms with Crippen molar-refractivity contribution < 1.29 is 9.18 Å². The summed E-state index contributed by atoms with van der Waals surface area (Å²) >= 11 is 3.41. The predicted octanol–water partition coefficient (Wildman–Crippen LogP) is 4.03. The minimum atomic E-state index is -0.431. The maximum absolute atomic E-state index is 13.4. The fourth-order valence-corrected chi connectivity index (χ4v) is 2.12. The molecule has 2 aromatic carbocycles. The molecule has 0 aromatic heterocycles. The van der Waals surface area contributed by atoms with Crippen molar-refractivity contribution in [1.29, 1.82) is 0 Å². The summed E-state index contributed by atoms with van der Waals surface area (Å²) in [5.41, 5.74) is 1.13. The fourth-order valence-electron chi connectivity index (χ4n) is 1.69. The smallest absolute Gasteiger partial charge is 0.226 e. The van der Waals surface area contributed by atoms with E-state index >= 15 is 0 Å². The van der Waals surface area contributed by atoms with E-state index in [1.807, 2.05) is 24.3 Å². The predicted molar refractivity (Wildman–Crippen MR) is 82.3 cm³/mol. The lowest BCUT2D eigenvalue weighted by atomic mass is 10.3. The highest BCUT2D eigenvalue weighted by molar-refractivity contribution is 9.10. The van der Waals surface area contributed by atoms with Gasteiger partial charge in [-0.1, -0.05) is 24.3 Å². The molecule has 1 amide bonds. The summed E-state index contributed by atoms with van der Waals surface area (Å²) in [6.45, 7) is 0.475. The molecular formula is C15H14BrFN2O. The van der Waals surface area contributed by atoms with Crippen LogP contribution in [-0.4, -0.2) is 12.5 Å². The molecule has 3 nitrogen and oxygen atoms in total. The van der Waals surface area contributed by atoms with E-state index in [0.717, 1.165) is 10.2 Å². The number of rotatable bonds is 5. The van der Waals surface area contributed by atoms with Crippen LogP contribution in [0.15, 0.2) is 53.0 Å². The van der Waals surface area contributed by atoms with Gasteiger partial charge in [-0.3, -0.25) is 4.79 Å². The van der Waals surface area contributed by atoms with Crippen molar-refractivity contribution in [3.63, 3.8) is 0 Å². The van der Waals surface area contributed by atoms with Crippen LogP contribution in [0.25, 0.3) is 0 Å². The van der Waals surface area contributed by atoms with E-state index in [9.17, 15) is 9.18 Å². The fraction of sp³-hybridized carbons (Fsp3) is 0.133. The molecule has 0 saturated heterocycles. The van der Waals surface area contributed by atoms with Gasteiger partial charge in [-0.05, 0) is 40.2 Å². The van der Waals surface area contributed by atoms with Crippen LogP contribution in [0, 0.1) is 5.82 Å². The largest absolute Gasteiger partial charge is 0.384 e. The molecule has 2 N–H and O–H groups in total. The molecule has 0 saturated carbocycles. The van der Waals surface area contributed by atoms with Crippen LogP contribution < -0.4 is 10.6 Å². The summed E-state index contributed by atoms with van der Waals surface area (Å²) < 4.78 is 14.3. The van der Waals surface area contributed by atoms with Gasteiger partial charge < -0.3 is 10.6 Å². The van der Waals surface area contributed by atoms with Crippen LogP contribution in [0.2, 0.25) is 0 Å². The number of halogens is 2. The maximum atomic E-state index is 13.4. The first-order valence-electron chi connectivity index (χ1n) is 6.19. The first-order chi connectivity index (χ1) is 9.66. The Morgan fingerprint density at radius 2 is 1.70 bits per heavy atom. The number of nitrogens with one attached hydrogen (secondary N) is 2. The summed E-state index contributed by atoms with van der Waals surface area (Å²) in [6.07, 6.45) is 0.260. The van der Waals surface area contributed by atoms with Crippen LogP contribution in [0.4, 0.5) is 15.8 Å². The molecule has 0 fully saturated rings. The second-order valence-corrected chi connectivity index (χ2v) is 5.04. The van der Waals surface area contributed by atoms with E-state index in [1.54, 1.807) is 12.1 Å². The number of para-hydroxylation sites is 2. The zero-order chi connectivity index (χ0) is 14.4. The van der Waals surface area contributed by atoms with Crippen molar-refractivity contribution in [3.8, 4) is 0 Å². The number of anilines is 2. The summed E-state index contributed by atoms with van der Waals surface area (Å²) in [5.74, 6) is -0.658. The van der Waals surface area contributed by atoms with Gasteiger partial charge in [0.25, 0.3) is 0 Å². The van der Waals surface area contributed by atoms with E-state index in [4.69, 9.17) is 0 Å². The Labute approximate surface area is 125 Å². The number of benzene rings is 2. The number of carbonyl (C=O) groups excluding carboxylic acids is 1. The number of hydrogen-bond acceptors (Lipinski definition) is 2. The second-order valence-electron chi connectivity index (χ2n) is 4.18. The SMILES string of the molecule is O=C(CCNc1ccccc1Br)Nc1ccccc1F. The van der Waals surface area contributed by atoms with Crippen molar-refractivity contribution in [1.82, 2.24) is 0 Å². The Kier molecular flexibility index (Phi) is 5.12. The van der Waals surface area contributed by atoms with E-state index in [0.29, 0.717) is 6.54 Å². The van der Waals surface area contributed by atoms with Crippen LogP contribution in [0.3, 0.4) is 0 Å². The topological polar surface area (TPSA) is 41.1 Å². The van der Waals surface area contributed by atoms with E-state index in [1.165, 1.54) is 12.1 Å². The summed E-state index contributed by atoms with van der Waals surface area (Å²) in [6, 6.07) is 13.8. The van der Waals surface area contributed by atoms with Gasteiger partial charge in [0.1, 0.15) is 5.82 Å². The third-order valence-corrected chi connectivity index (χ3v) is 3.38. The number of carbonyl (C=O) groups is 1. The Morgan fingerprint density at radius 1 is 1.05 bits per heavy atom. The van der Waals surface area contributed by atoms with Gasteiger partial charge >= 0.3 is 0 Å². The van der Waals surface area contributed by atoms with Crippen LogP contribution >= 0.6 is 15.9 Å². The molecule has 0 aliphatic rings. The maximum Gasteiger partial charge on any atom is 0.226 e. The quantitative estimate of drug-likeness (QED) is 0.865. The normalized spacial score (nSPS) is 10.1. The molecule has 0 radical (unpaired) electrons. The van der Waals surface area contributed by atoms with Crippen LogP contribution in [-0.2, 0) is 4.79 Å². The summed E-state index contributed by atoms with van der Waals surface area (Å²) in [7, 11) is 0. The Bertz CT molecular complexity index is 604. The highest BCUT2D eigenvalue weighted by atomic mass is 79.9. The summed E-state index contributed by atoms with van der Waals surface area (Å²) in [5, 5.41) is 5.69. The van der Waals surface area contributed by atoms with Gasteiger partial charge in [0.15, 0.2) is 0 Å². The molecule has 5 heteroatoms. The highest BCUT2D eigenvalue weighted by Gasteiger charge is 2.06. The van der Waals surface area contributed by atoms with E-state index in [-0.39, 0.29) is 18.0 Å². The number of amides is 1. The average molecular weight is 337 g/mol. The van der Waals surface area contributed by atoms with Crippen LogP contribution in [0.5, 0.6) is 0 Å². The Morgan fingerprint density at radius 3 is 2.40 bits per heavy atom. The second kappa shape index (κ2) is 7.05. The molecular weight excluding hydrogens is 323 g/mol. The molecule has 0 unspecified atom stereocenters. The van der Waals surface area contributed by atoms with Crippen molar-refractivity contribution >= 4 is 33.2 Å². The minimum Gasteiger partial charge on any atom is -0.384 e. The Balaban J connectivity index is 1.82. The molecule has 20 heavy (non-hydrogen) atoms. The molecule has 0 atom stereocenters. The molecule has 0 bridgehead atoms. The van der Waals surface area contributed by atoms with E-state index in [2.05, 4.69) is 26.6 Å². The number of hydrogen-bond donors (Lipinski definition) is 2. The van der Waals surface area contributed by atoms with Crippen molar-refractivity contribution in [2.24, 2.45) is 0 Å². The third-order valence-electron chi connectivity index (χ3n) is 2.69. The van der Waals surface area contributed by atoms with Crippen molar-refractivity contribution in [2.45, 2.75) is 6.42 Å². The molecule has 2 aromatic rings. The average Bonchev–Trinajstić information content (AvgIpc) is 2.43. The molecule has 0 spiro atoms. The van der Waals surface area contributed by atoms with Gasteiger partial charge in [-0.2, -0.15) is 0 Å². The van der Waals surface area contributed by atoms with Gasteiger partial charge in [0, 0.05) is 23.1 Å². The monoisotopic (exact) mass is 336 g/mol. The standard InChI is InChI=1S/C15H14BrFN2O/c16-11-5-1-3-7-13(11)18-10-9-15(20)19-14-8-4-2-6-12(14)17/h1-8,18H,9-10H2,(H,19,20). The van der Waals surface area contributed by atoms with Crippen molar-refractivity contribution in [3.05, 3.63) is 58.8 Å². The molecule has 0 aliphatic heterocycles. The van der Waals surface area contributed by atoms with Gasteiger partial charge in [-0.15, -0.1) is 0 Å². The molecule has 104 valence electrons. The molecule has 0 heterocycles. The zero-order valence-corrected chi connectivity index (χ0v) is 12.3.